The molecule has 0 radical (unpaired) electrons. The Labute approximate surface area is 140 Å². The molecule has 0 N–H and O–H groups in total. The Morgan fingerprint density at radius 3 is 1.83 bits per heavy atom. The summed E-state index contributed by atoms with van der Waals surface area (Å²) in [6.45, 7) is 0. The van der Waals surface area contributed by atoms with E-state index in [4.69, 9.17) is 0 Å². The van der Waals surface area contributed by atoms with E-state index in [0.29, 0.717) is 0 Å². The van der Waals surface area contributed by atoms with Crippen molar-refractivity contribution in [2.24, 2.45) is 0 Å². The van der Waals surface area contributed by atoms with Crippen molar-refractivity contribution in [3.8, 4) is 0 Å². The van der Waals surface area contributed by atoms with Gasteiger partial charge in [-0.15, -0.1) is 0 Å². The van der Waals surface area contributed by atoms with E-state index in [9.17, 15) is 0 Å². The van der Waals surface area contributed by atoms with Gasteiger partial charge in [-0.3, -0.25) is 0 Å². The molecule has 0 aliphatic heterocycles. The van der Waals surface area contributed by atoms with Crippen molar-refractivity contribution in [1.82, 2.24) is 0 Å². The number of benzene rings is 2. The molecule has 0 bridgehead atoms. The normalized spacial score (nSPS) is 20.7. The van der Waals surface area contributed by atoms with Crippen LogP contribution in [0.4, 0.5) is 5.69 Å². The highest BCUT2D eigenvalue weighted by Crippen LogP contribution is 2.37. The molecule has 0 amide bonds. The van der Waals surface area contributed by atoms with Crippen molar-refractivity contribution < 1.29 is 0 Å². The third-order valence-corrected chi connectivity index (χ3v) is 5.98. The van der Waals surface area contributed by atoms with Gasteiger partial charge in [0.1, 0.15) is 0 Å². The van der Waals surface area contributed by atoms with Gasteiger partial charge in [0.15, 0.2) is 0 Å². The van der Waals surface area contributed by atoms with Crippen molar-refractivity contribution >= 4 is 16.5 Å². The zero-order chi connectivity index (χ0) is 15.5. The Bertz CT molecular complexity index is 612. The van der Waals surface area contributed by atoms with E-state index in [2.05, 4.69) is 47.4 Å². The van der Waals surface area contributed by atoms with Crippen LogP contribution in [0.25, 0.3) is 10.8 Å². The average molecular weight is 307 g/mol. The molecule has 2 aliphatic rings. The van der Waals surface area contributed by atoms with Crippen LogP contribution in [0, 0.1) is 0 Å². The van der Waals surface area contributed by atoms with Gasteiger partial charge in [0.2, 0.25) is 0 Å². The van der Waals surface area contributed by atoms with Crippen molar-refractivity contribution in [2.75, 3.05) is 4.90 Å². The molecule has 2 saturated carbocycles. The molecule has 23 heavy (non-hydrogen) atoms. The van der Waals surface area contributed by atoms with Gasteiger partial charge in [-0.2, -0.15) is 0 Å². The molecule has 2 aromatic carbocycles. The Kier molecular flexibility index (Phi) is 4.55. The number of anilines is 1. The van der Waals surface area contributed by atoms with Crippen LogP contribution in [0.1, 0.15) is 64.2 Å². The third kappa shape index (κ3) is 3.11. The van der Waals surface area contributed by atoms with E-state index < -0.39 is 0 Å². The fourth-order valence-corrected chi connectivity index (χ4v) is 4.84. The Morgan fingerprint density at radius 1 is 0.609 bits per heavy atom. The quantitative estimate of drug-likeness (QED) is 0.642. The molecular weight excluding hydrogens is 278 g/mol. The summed E-state index contributed by atoms with van der Waals surface area (Å²) < 4.78 is 0. The molecule has 2 aromatic rings. The number of hydrogen-bond donors (Lipinski definition) is 0. The summed E-state index contributed by atoms with van der Waals surface area (Å²) in [6, 6.07) is 17.4. The fourth-order valence-electron chi connectivity index (χ4n) is 4.84. The predicted molar refractivity (Wildman–Crippen MR) is 100 cm³/mol. The first-order valence-corrected chi connectivity index (χ1v) is 9.69. The Balaban J connectivity index is 1.76. The van der Waals surface area contributed by atoms with Crippen LogP contribution in [0.15, 0.2) is 42.5 Å². The van der Waals surface area contributed by atoms with Crippen molar-refractivity contribution in [3.05, 3.63) is 42.5 Å². The molecule has 4 rings (SSSR count). The highest BCUT2D eigenvalue weighted by atomic mass is 15.2. The van der Waals surface area contributed by atoms with E-state index in [0.717, 1.165) is 12.1 Å². The fraction of sp³-hybridized carbons (Fsp3) is 0.545. The van der Waals surface area contributed by atoms with Gasteiger partial charge >= 0.3 is 0 Å². The number of hydrogen-bond acceptors (Lipinski definition) is 1. The maximum Gasteiger partial charge on any atom is 0.0450 e. The minimum Gasteiger partial charge on any atom is -0.365 e. The van der Waals surface area contributed by atoms with Crippen molar-refractivity contribution in [1.29, 1.82) is 0 Å². The van der Waals surface area contributed by atoms with Crippen molar-refractivity contribution in [2.45, 2.75) is 76.3 Å². The summed E-state index contributed by atoms with van der Waals surface area (Å²) in [4.78, 5) is 2.86. The van der Waals surface area contributed by atoms with E-state index in [1.807, 2.05) is 0 Å². The Morgan fingerprint density at radius 2 is 1.17 bits per heavy atom. The van der Waals surface area contributed by atoms with Gasteiger partial charge in [0.25, 0.3) is 0 Å². The molecular formula is C22H29N. The molecule has 2 fully saturated rings. The predicted octanol–water partition coefficient (Wildman–Crippen LogP) is 6.31. The number of rotatable bonds is 3. The summed E-state index contributed by atoms with van der Waals surface area (Å²) in [6.07, 6.45) is 14.1. The van der Waals surface area contributed by atoms with Crippen molar-refractivity contribution in [3.63, 3.8) is 0 Å². The number of fused-ring (bicyclic) bond motifs is 1. The first-order chi connectivity index (χ1) is 11.4. The first-order valence-electron chi connectivity index (χ1n) is 9.69. The lowest BCUT2D eigenvalue weighted by atomic mass is 9.87. The van der Waals surface area contributed by atoms with Crippen LogP contribution < -0.4 is 4.90 Å². The van der Waals surface area contributed by atoms with Crippen LogP contribution in [-0.2, 0) is 0 Å². The minimum atomic E-state index is 0.762. The van der Waals surface area contributed by atoms with E-state index in [1.165, 1.54) is 80.7 Å². The van der Waals surface area contributed by atoms with Crippen LogP contribution in [0.2, 0.25) is 0 Å². The molecule has 0 heterocycles. The molecule has 1 nitrogen and oxygen atoms in total. The monoisotopic (exact) mass is 307 g/mol. The van der Waals surface area contributed by atoms with Gasteiger partial charge in [0.05, 0.1) is 0 Å². The lowest BCUT2D eigenvalue weighted by molar-refractivity contribution is 0.340. The molecule has 2 aliphatic carbocycles. The lowest BCUT2D eigenvalue weighted by Crippen LogP contribution is -2.45. The van der Waals surface area contributed by atoms with Crippen LogP contribution >= 0.6 is 0 Å². The van der Waals surface area contributed by atoms with Gasteiger partial charge in [-0.25, -0.2) is 0 Å². The topological polar surface area (TPSA) is 3.24 Å². The van der Waals surface area contributed by atoms with Gasteiger partial charge in [0, 0.05) is 23.2 Å². The molecule has 122 valence electrons. The van der Waals surface area contributed by atoms with Crippen LogP contribution in [0.3, 0.4) is 0 Å². The first kappa shape index (κ1) is 15.1. The lowest BCUT2D eigenvalue weighted by Gasteiger charge is -2.44. The average Bonchev–Trinajstić information content (AvgIpc) is 2.64. The summed E-state index contributed by atoms with van der Waals surface area (Å²) in [5.74, 6) is 0. The zero-order valence-corrected chi connectivity index (χ0v) is 14.2. The second kappa shape index (κ2) is 6.95. The highest BCUT2D eigenvalue weighted by molar-refractivity contribution is 5.94. The third-order valence-electron chi connectivity index (χ3n) is 5.98. The maximum atomic E-state index is 2.86. The van der Waals surface area contributed by atoms with E-state index in [-0.39, 0.29) is 0 Å². The van der Waals surface area contributed by atoms with Gasteiger partial charge in [-0.1, -0.05) is 74.9 Å². The molecule has 1 heteroatoms. The zero-order valence-electron chi connectivity index (χ0n) is 14.2. The molecule has 0 unspecified atom stereocenters. The maximum absolute atomic E-state index is 2.86. The molecule has 0 atom stereocenters. The van der Waals surface area contributed by atoms with Crippen LogP contribution in [-0.4, -0.2) is 12.1 Å². The van der Waals surface area contributed by atoms with E-state index >= 15 is 0 Å². The molecule has 0 aromatic heterocycles. The second-order valence-electron chi connectivity index (χ2n) is 7.49. The largest absolute Gasteiger partial charge is 0.365 e. The Hall–Kier alpha value is -1.50. The summed E-state index contributed by atoms with van der Waals surface area (Å²) in [5, 5.41) is 2.84. The number of nitrogens with zero attached hydrogens (tertiary/aromatic N) is 1. The SMILES string of the molecule is c1ccc2c(N(C3CCCCC3)C3CCCCC3)cccc2c1. The second-order valence-corrected chi connectivity index (χ2v) is 7.49. The van der Waals surface area contributed by atoms with Gasteiger partial charge < -0.3 is 4.90 Å². The standard InChI is InChI=1S/C22H29N/c1-3-12-19(13-4-1)23(20-14-5-2-6-15-20)22-17-9-11-18-10-7-8-16-21(18)22/h7-11,16-17,19-20H,1-6,12-15H2. The smallest absolute Gasteiger partial charge is 0.0450 e. The summed E-state index contributed by atoms with van der Waals surface area (Å²) in [7, 11) is 0. The molecule has 0 saturated heterocycles. The summed E-state index contributed by atoms with van der Waals surface area (Å²) in [5.41, 5.74) is 1.50. The van der Waals surface area contributed by atoms with Crippen LogP contribution in [0.5, 0.6) is 0 Å². The van der Waals surface area contributed by atoms with E-state index in [1.54, 1.807) is 0 Å². The highest BCUT2D eigenvalue weighted by Gasteiger charge is 2.29. The molecule has 0 spiro atoms. The summed E-state index contributed by atoms with van der Waals surface area (Å²) >= 11 is 0. The minimum absolute atomic E-state index is 0.762. The van der Waals surface area contributed by atoms with Gasteiger partial charge in [-0.05, 0) is 37.1 Å².